The number of carbonyl (C=O) groups is 2. The van der Waals surface area contributed by atoms with Crippen LogP contribution in [0.5, 0.6) is 5.75 Å². The summed E-state index contributed by atoms with van der Waals surface area (Å²) >= 11 is 0. The Balaban J connectivity index is 0.00000192. The van der Waals surface area contributed by atoms with E-state index in [0.717, 1.165) is 40.8 Å². The van der Waals surface area contributed by atoms with Gasteiger partial charge in [-0.1, -0.05) is 39.0 Å². The van der Waals surface area contributed by atoms with Crippen LogP contribution in [0.2, 0.25) is 0 Å². The van der Waals surface area contributed by atoms with Gasteiger partial charge in [0.05, 0.1) is 11.1 Å². The van der Waals surface area contributed by atoms with Crippen LogP contribution in [-0.4, -0.2) is 54.8 Å². The Bertz CT molecular complexity index is 2250. The molecule has 0 saturated carbocycles. The van der Waals surface area contributed by atoms with Gasteiger partial charge in [0.2, 0.25) is 5.91 Å². The van der Waals surface area contributed by atoms with E-state index < -0.39 is 32.4 Å². The number of unbranched alkanes of at least 4 members (excludes halogenated alkanes) is 1. The van der Waals surface area contributed by atoms with Crippen LogP contribution in [0.4, 0.5) is 27.5 Å². The number of amides is 2. The maximum absolute atomic E-state index is 12.9. The number of anilines is 2. The van der Waals surface area contributed by atoms with E-state index in [1.165, 1.54) is 24.3 Å². The topological polar surface area (TPSA) is 244 Å². The third-order valence-electron chi connectivity index (χ3n) is 7.86. The number of nitrogens with two attached hydrogens (primary N) is 1. The lowest BCUT2D eigenvalue weighted by atomic mass is 9.99. The van der Waals surface area contributed by atoms with Crippen molar-refractivity contribution in [2.24, 2.45) is 16.1 Å². The molecule has 0 aromatic heterocycles. The van der Waals surface area contributed by atoms with Gasteiger partial charge in [0.15, 0.2) is 5.75 Å². The van der Waals surface area contributed by atoms with Gasteiger partial charge in [0.1, 0.15) is 16.2 Å². The fraction of sp³-hybridized carbons (Fsp3) is 0.351. The minimum atomic E-state index is -4.54. The molecule has 4 aromatic carbocycles. The van der Waals surface area contributed by atoms with Gasteiger partial charge in [0, 0.05) is 29.2 Å². The van der Waals surface area contributed by atoms with Crippen molar-refractivity contribution < 1.29 is 45.0 Å². The smallest absolute Gasteiger partial charge is 0.425 e. The van der Waals surface area contributed by atoms with E-state index in [0.29, 0.717) is 18.7 Å². The molecule has 6 N–H and O–H groups in total. The summed E-state index contributed by atoms with van der Waals surface area (Å²) in [7, 11) is -7.65. The number of benzene rings is 4. The predicted octanol–water partition coefficient (Wildman–Crippen LogP) is 7.98. The molecule has 0 aliphatic rings. The minimum Gasteiger partial charge on any atom is -0.505 e. The number of carbonyl (C=O) groups excluding carboxylic acids is 2. The molecule has 4 rings (SSSR count). The number of ether oxygens (including phenoxy) is 1. The van der Waals surface area contributed by atoms with Gasteiger partial charge in [-0.3, -0.25) is 9.35 Å². The highest BCUT2D eigenvalue weighted by Gasteiger charge is 2.20. The number of fused-ring (bicyclic) bond motifs is 1. The van der Waals surface area contributed by atoms with E-state index in [2.05, 4.69) is 20.9 Å². The Morgan fingerprint density at radius 3 is 2.06 bits per heavy atom. The van der Waals surface area contributed by atoms with Crippen molar-refractivity contribution in [1.82, 2.24) is 5.32 Å². The van der Waals surface area contributed by atoms with Crippen molar-refractivity contribution in [1.29, 1.82) is 0 Å². The number of azo groups is 1. The lowest BCUT2D eigenvalue weighted by molar-refractivity contribution is -0.119. The number of hydrogen-bond donors (Lipinski definition) is 5. The maximum atomic E-state index is 12.9. The zero-order chi connectivity index (χ0) is 39.7. The molecule has 0 fully saturated rings. The number of nitrogens with one attached hydrogen (secondary N) is 2. The highest BCUT2D eigenvalue weighted by atomic mass is 32.2. The SMILES string of the molecule is C.Cc1cc(-c2ccc(NC(=O)[C@H](C)CCCCNC(=O)OC(C)(C)C)c(C)c2)ccc1N=Nc1ccc2c(S(=O)(=O)O)ccc(N)c2c1O.O=S(=O)=O. The number of phenols is 1. The molecule has 1 atom stereocenters. The number of alkyl carbamates (subject to hydrolysis) is 1. The summed E-state index contributed by atoms with van der Waals surface area (Å²) in [4.78, 5) is 24.3. The average Bonchev–Trinajstić information content (AvgIpc) is 3.04. The van der Waals surface area contributed by atoms with Crippen LogP contribution < -0.4 is 16.4 Å². The van der Waals surface area contributed by atoms with Crippen molar-refractivity contribution in [3.63, 3.8) is 0 Å². The van der Waals surface area contributed by atoms with Crippen LogP contribution in [0.25, 0.3) is 21.9 Å². The fourth-order valence-corrected chi connectivity index (χ4v) is 5.92. The highest BCUT2D eigenvalue weighted by molar-refractivity contribution is 7.86. The second-order valence-electron chi connectivity index (χ2n) is 13.2. The van der Waals surface area contributed by atoms with Crippen molar-refractivity contribution >= 4 is 66.2 Å². The van der Waals surface area contributed by atoms with Gasteiger partial charge in [-0.05, 0) is 112 Å². The molecule has 54 heavy (non-hydrogen) atoms. The standard InChI is InChI=1S/C36H43N5O7S.CH4.O3S/c1-21(9-7-8-18-38-35(44)48-36(4,5)6)34(43)39-28-14-10-24(19-22(28)2)25-11-15-29(23(3)20-25)40-41-30-16-12-26-31(49(45,46)47)17-13-27(37)32(26)33(30)42;;1-4(2)3/h10-17,19-21,42H,7-9,18,37H2,1-6H3,(H,38,44)(H,39,43)(H,45,46,47);1H4;/t21-;;/m1../s1. The second kappa shape index (κ2) is 19.1. The van der Waals surface area contributed by atoms with Gasteiger partial charge in [-0.2, -0.15) is 13.5 Å². The number of nitrogen functional groups attached to an aromatic ring is 1. The summed E-state index contributed by atoms with van der Waals surface area (Å²) in [5.41, 5.74) is 10.6. The molecule has 0 bridgehead atoms. The van der Waals surface area contributed by atoms with Gasteiger partial charge in [-0.25, -0.2) is 4.79 Å². The quantitative estimate of drug-likeness (QED) is 0.0422. The molecule has 2 amide bonds. The van der Waals surface area contributed by atoms with E-state index in [1.54, 1.807) is 6.07 Å². The first kappa shape index (κ1) is 44.8. The van der Waals surface area contributed by atoms with Crippen LogP contribution in [0.1, 0.15) is 65.5 Å². The molecule has 4 aromatic rings. The van der Waals surface area contributed by atoms with Crippen molar-refractivity contribution in [2.45, 2.75) is 78.7 Å². The minimum absolute atomic E-state index is 0. The second-order valence-corrected chi connectivity index (χ2v) is 15.0. The van der Waals surface area contributed by atoms with E-state index in [-0.39, 0.29) is 52.0 Å². The molecule has 0 spiro atoms. The average molecular weight is 786 g/mol. The molecule has 15 nitrogen and oxygen atoms in total. The normalized spacial score (nSPS) is 11.9. The van der Waals surface area contributed by atoms with E-state index in [9.17, 15) is 27.7 Å². The Hall–Kier alpha value is -5.39. The number of phenolic OH excluding ortho intramolecular Hbond substituents is 1. The Kier molecular flexibility index (Phi) is 15.8. The summed E-state index contributed by atoms with van der Waals surface area (Å²) in [5.74, 6) is -0.628. The van der Waals surface area contributed by atoms with E-state index >= 15 is 0 Å². The summed E-state index contributed by atoms with van der Waals surface area (Å²) in [6, 6.07) is 16.7. The Labute approximate surface area is 316 Å². The van der Waals surface area contributed by atoms with Crippen molar-refractivity contribution in [3.8, 4) is 16.9 Å². The third-order valence-corrected chi connectivity index (χ3v) is 8.77. The maximum Gasteiger partial charge on any atom is 0.425 e. The number of aryl methyl sites for hydroxylation is 2. The van der Waals surface area contributed by atoms with Crippen LogP contribution in [-0.2, 0) is 30.3 Å². The summed E-state index contributed by atoms with van der Waals surface area (Å²) < 4.78 is 63.7. The third kappa shape index (κ3) is 12.9. The lowest BCUT2D eigenvalue weighted by Gasteiger charge is -2.19. The van der Waals surface area contributed by atoms with Crippen molar-refractivity contribution in [3.05, 3.63) is 71.8 Å². The molecule has 0 radical (unpaired) electrons. The largest absolute Gasteiger partial charge is 0.505 e. The molecule has 292 valence electrons. The van der Waals surface area contributed by atoms with Crippen LogP contribution in [0.3, 0.4) is 0 Å². The van der Waals surface area contributed by atoms with Gasteiger partial charge in [0.25, 0.3) is 10.1 Å². The van der Waals surface area contributed by atoms with Gasteiger partial charge >= 0.3 is 16.7 Å². The van der Waals surface area contributed by atoms with Crippen LogP contribution >= 0.6 is 0 Å². The fourth-order valence-electron chi connectivity index (χ4n) is 5.23. The summed E-state index contributed by atoms with van der Waals surface area (Å²) in [5, 5.41) is 25.2. The zero-order valence-electron chi connectivity index (χ0n) is 30.1. The van der Waals surface area contributed by atoms with E-state index in [1.807, 2.05) is 71.9 Å². The first-order valence-electron chi connectivity index (χ1n) is 16.4. The highest BCUT2D eigenvalue weighted by Crippen LogP contribution is 2.41. The molecule has 17 heteroatoms. The first-order chi connectivity index (χ1) is 24.7. The molecular weight excluding hydrogens is 739 g/mol. The Morgan fingerprint density at radius 1 is 0.907 bits per heavy atom. The van der Waals surface area contributed by atoms with Crippen LogP contribution in [0, 0.1) is 19.8 Å². The number of hydrogen-bond acceptors (Lipinski definition) is 12. The number of nitrogens with zero attached hydrogens (tertiary/aromatic N) is 2. The molecule has 0 saturated heterocycles. The Morgan fingerprint density at radius 2 is 1.48 bits per heavy atom. The summed E-state index contributed by atoms with van der Waals surface area (Å²) in [6.45, 7) is 11.6. The number of aromatic hydroxyl groups is 1. The molecular formula is C37H47N5O10S2. The molecule has 0 heterocycles. The first-order valence-corrected chi connectivity index (χ1v) is 18.8. The van der Waals surface area contributed by atoms with Gasteiger partial charge in [-0.15, -0.1) is 17.7 Å². The summed E-state index contributed by atoms with van der Waals surface area (Å²) in [6.07, 6.45) is 1.77. The van der Waals surface area contributed by atoms with Crippen LogP contribution in [0.15, 0.2) is 75.8 Å². The van der Waals surface area contributed by atoms with E-state index in [4.69, 9.17) is 23.1 Å². The zero-order valence-corrected chi connectivity index (χ0v) is 31.8. The number of rotatable bonds is 11. The van der Waals surface area contributed by atoms with Crippen molar-refractivity contribution in [2.75, 3.05) is 17.6 Å². The monoisotopic (exact) mass is 785 g/mol. The molecule has 0 unspecified atom stereocenters. The molecule has 0 aliphatic carbocycles. The molecule has 0 aliphatic heterocycles. The lowest BCUT2D eigenvalue weighted by Crippen LogP contribution is -2.33. The van der Waals surface area contributed by atoms with Gasteiger partial charge < -0.3 is 26.2 Å². The predicted molar refractivity (Wildman–Crippen MR) is 208 cm³/mol.